The summed E-state index contributed by atoms with van der Waals surface area (Å²) in [5, 5.41) is 13.4. The van der Waals surface area contributed by atoms with Gasteiger partial charge in [-0.05, 0) is 37.3 Å². The van der Waals surface area contributed by atoms with Crippen LogP contribution in [0.5, 0.6) is 0 Å². The normalized spacial score (nSPS) is 26.0. The number of carbonyl (C=O) groups is 2. The Labute approximate surface area is 145 Å². The van der Waals surface area contributed by atoms with Gasteiger partial charge >= 0.3 is 0 Å². The number of benzene rings is 1. The number of nitrogens with zero attached hydrogens (tertiary/aromatic N) is 2. The van der Waals surface area contributed by atoms with Crippen LogP contribution in [0, 0.1) is 16.0 Å². The minimum absolute atomic E-state index is 0.0311. The fourth-order valence-corrected chi connectivity index (χ4v) is 4.09. The van der Waals surface area contributed by atoms with Gasteiger partial charge in [-0.3, -0.25) is 24.6 Å². The monoisotopic (exact) mass is 346 g/mol. The smallest absolute Gasteiger partial charge is 0.269 e. The molecule has 1 saturated heterocycles. The number of nitrogens with one attached hydrogen (secondary N) is 1. The number of primary amides is 1. The highest BCUT2D eigenvalue weighted by atomic mass is 16.6. The van der Waals surface area contributed by atoms with E-state index < -0.39 is 11.0 Å². The average molecular weight is 346 g/mol. The topological polar surface area (TPSA) is 119 Å². The van der Waals surface area contributed by atoms with Crippen LogP contribution in [0.25, 0.3) is 0 Å². The number of hydrogen-bond acceptors (Lipinski definition) is 5. The molecular weight excluding hydrogens is 324 g/mol. The number of non-ortho nitro benzene ring substituents is 1. The standard InChI is InChI=1S/C17H22N4O4/c18-17(23)15-9-11-3-1-2-4-14(11)20(15)10-16(22)19-12-5-7-13(8-6-12)21(24)25/h5-8,11,14-15H,1-4,9-10H2,(H2,18,23)(H,19,22)/t11-,14-,15-/m0/s1. The van der Waals surface area contributed by atoms with Crippen molar-refractivity contribution >= 4 is 23.2 Å². The first-order chi connectivity index (χ1) is 12.0. The van der Waals surface area contributed by atoms with E-state index in [4.69, 9.17) is 5.73 Å². The molecule has 8 nitrogen and oxygen atoms in total. The summed E-state index contributed by atoms with van der Waals surface area (Å²) >= 11 is 0. The van der Waals surface area contributed by atoms with Gasteiger partial charge in [0.2, 0.25) is 11.8 Å². The lowest BCUT2D eigenvalue weighted by Crippen LogP contribution is -2.48. The second-order valence-electron chi connectivity index (χ2n) is 6.79. The van der Waals surface area contributed by atoms with Gasteiger partial charge < -0.3 is 11.1 Å². The lowest BCUT2D eigenvalue weighted by atomic mass is 9.84. The summed E-state index contributed by atoms with van der Waals surface area (Å²) in [5.41, 5.74) is 6.00. The van der Waals surface area contributed by atoms with Crippen molar-refractivity contribution in [3.63, 3.8) is 0 Å². The zero-order chi connectivity index (χ0) is 18.0. The molecule has 8 heteroatoms. The van der Waals surface area contributed by atoms with Crippen LogP contribution in [-0.2, 0) is 9.59 Å². The van der Waals surface area contributed by atoms with Crippen LogP contribution in [-0.4, -0.2) is 40.3 Å². The second kappa shape index (κ2) is 7.18. The molecule has 1 aliphatic carbocycles. The lowest BCUT2D eigenvalue weighted by Gasteiger charge is -2.32. The maximum absolute atomic E-state index is 12.4. The van der Waals surface area contributed by atoms with Crippen molar-refractivity contribution in [2.24, 2.45) is 11.7 Å². The zero-order valence-corrected chi connectivity index (χ0v) is 13.9. The number of rotatable bonds is 5. The molecule has 0 bridgehead atoms. The van der Waals surface area contributed by atoms with Crippen LogP contribution in [0.15, 0.2) is 24.3 Å². The van der Waals surface area contributed by atoms with Crippen molar-refractivity contribution in [1.82, 2.24) is 4.90 Å². The van der Waals surface area contributed by atoms with E-state index in [1.807, 2.05) is 4.90 Å². The molecule has 3 rings (SSSR count). The van der Waals surface area contributed by atoms with E-state index >= 15 is 0 Å². The van der Waals surface area contributed by atoms with Crippen molar-refractivity contribution in [2.75, 3.05) is 11.9 Å². The fourth-order valence-electron chi connectivity index (χ4n) is 4.09. The minimum atomic E-state index is -0.490. The average Bonchev–Trinajstić information content (AvgIpc) is 2.94. The number of nitro benzene ring substituents is 1. The molecule has 0 aromatic heterocycles. The van der Waals surface area contributed by atoms with Crippen molar-refractivity contribution < 1.29 is 14.5 Å². The molecular formula is C17H22N4O4. The van der Waals surface area contributed by atoms with Crippen molar-refractivity contribution in [2.45, 2.75) is 44.2 Å². The highest BCUT2D eigenvalue weighted by Crippen LogP contribution is 2.39. The highest BCUT2D eigenvalue weighted by molar-refractivity contribution is 5.93. The van der Waals surface area contributed by atoms with Gasteiger partial charge in [0, 0.05) is 23.9 Å². The van der Waals surface area contributed by atoms with Crippen LogP contribution in [0.2, 0.25) is 0 Å². The van der Waals surface area contributed by atoms with Crippen molar-refractivity contribution in [3.05, 3.63) is 34.4 Å². The van der Waals surface area contributed by atoms with Gasteiger partial charge in [-0.25, -0.2) is 0 Å². The molecule has 1 heterocycles. The molecule has 1 aromatic rings. The van der Waals surface area contributed by atoms with Gasteiger partial charge in [0.1, 0.15) is 0 Å². The van der Waals surface area contributed by atoms with Gasteiger partial charge in [-0.1, -0.05) is 12.8 Å². The van der Waals surface area contributed by atoms with Crippen LogP contribution in [0.1, 0.15) is 32.1 Å². The molecule has 1 aliphatic heterocycles. The molecule has 1 saturated carbocycles. The van der Waals surface area contributed by atoms with E-state index in [-0.39, 0.29) is 30.1 Å². The molecule has 25 heavy (non-hydrogen) atoms. The molecule has 0 unspecified atom stereocenters. The number of fused-ring (bicyclic) bond motifs is 1. The molecule has 0 radical (unpaired) electrons. The first-order valence-corrected chi connectivity index (χ1v) is 8.55. The first-order valence-electron chi connectivity index (χ1n) is 8.55. The Bertz CT molecular complexity index is 676. The Kier molecular flexibility index (Phi) is 4.98. The third-order valence-electron chi connectivity index (χ3n) is 5.24. The number of nitrogens with two attached hydrogens (primary N) is 1. The van der Waals surface area contributed by atoms with E-state index in [1.165, 1.54) is 24.3 Å². The molecule has 3 atom stereocenters. The second-order valence-corrected chi connectivity index (χ2v) is 6.79. The Morgan fingerprint density at radius 3 is 2.56 bits per heavy atom. The third-order valence-corrected chi connectivity index (χ3v) is 5.24. The van der Waals surface area contributed by atoms with Crippen LogP contribution in [0.3, 0.4) is 0 Å². The molecule has 1 aromatic carbocycles. The number of carbonyl (C=O) groups excluding carboxylic acids is 2. The number of amides is 2. The van der Waals surface area contributed by atoms with Gasteiger partial charge in [-0.15, -0.1) is 0 Å². The van der Waals surface area contributed by atoms with Crippen LogP contribution < -0.4 is 11.1 Å². The zero-order valence-electron chi connectivity index (χ0n) is 13.9. The van der Waals surface area contributed by atoms with E-state index in [0.717, 1.165) is 32.1 Å². The summed E-state index contributed by atoms with van der Waals surface area (Å²) < 4.78 is 0. The Morgan fingerprint density at radius 1 is 1.24 bits per heavy atom. The van der Waals surface area contributed by atoms with E-state index in [2.05, 4.69) is 5.32 Å². The largest absolute Gasteiger partial charge is 0.368 e. The van der Waals surface area contributed by atoms with E-state index in [0.29, 0.717) is 11.6 Å². The Morgan fingerprint density at radius 2 is 1.92 bits per heavy atom. The molecule has 0 spiro atoms. The molecule has 2 amide bonds. The number of likely N-dealkylation sites (tertiary alicyclic amines) is 1. The van der Waals surface area contributed by atoms with Crippen molar-refractivity contribution in [1.29, 1.82) is 0 Å². The van der Waals surface area contributed by atoms with Gasteiger partial charge in [-0.2, -0.15) is 0 Å². The SMILES string of the molecule is NC(=O)[C@@H]1C[C@@H]2CCCC[C@@H]2N1CC(=O)Nc1ccc([N+](=O)[O-])cc1. The molecule has 3 N–H and O–H groups in total. The summed E-state index contributed by atoms with van der Waals surface area (Å²) in [5.74, 6) is -0.192. The maximum atomic E-state index is 12.4. The van der Waals surface area contributed by atoms with Crippen molar-refractivity contribution in [3.8, 4) is 0 Å². The molecule has 134 valence electrons. The van der Waals surface area contributed by atoms with Gasteiger partial charge in [0.05, 0.1) is 17.5 Å². The highest BCUT2D eigenvalue weighted by Gasteiger charge is 2.44. The molecule has 2 fully saturated rings. The van der Waals surface area contributed by atoms with Crippen LogP contribution in [0.4, 0.5) is 11.4 Å². The van der Waals surface area contributed by atoms with Gasteiger partial charge in [0.15, 0.2) is 0 Å². The van der Waals surface area contributed by atoms with Crippen LogP contribution >= 0.6 is 0 Å². The first kappa shape index (κ1) is 17.3. The quantitative estimate of drug-likeness (QED) is 0.621. The number of hydrogen-bond donors (Lipinski definition) is 2. The molecule has 2 aliphatic rings. The van der Waals surface area contributed by atoms with Gasteiger partial charge in [0.25, 0.3) is 5.69 Å². The summed E-state index contributed by atoms with van der Waals surface area (Å²) in [6, 6.07) is 5.51. The Hall–Kier alpha value is -2.48. The van der Waals surface area contributed by atoms with E-state index in [1.54, 1.807) is 0 Å². The minimum Gasteiger partial charge on any atom is -0.368 e. The lowest BCUT2D eigenvalue weighted by molar-refractivity contribution is -0.384. The summed E-state index contributed by atoms with van der Waals surface area (Å²) in [6.07, 6.45) is 5.06. The number of anilines is 1. The third kappa shape index (κ3) is 3.79. The van der Waals surface area contributed by atoms with E-state index in [9.17, 15) is 19.7 Å². The predicted octanol–water partition coefficient (Wildman–Crippen LogP) is 1.65. The Balaban J connectivity index is 1.65. The maximum Gasteiger partial charge on any atom is 0.269 e. The fraction of sp³-hybridized carbons (Fsp3) is 0.529. The summed E-state index contributed by atoms with van der Waals surface area (Å²) in [4.78, 5) is 36.3. The number of nitro groups is 1. The summed E-state index contributed by atoms with van der Waals surface area (Å²) in [6.45, 7) is 0.103. The summed E-state index contributed by atoms with van der Waals surface area (Å²) in [7, 11) is 0. The predicted molar refractivity (Wildman–Crippen MR) is 91.8 cm³/mol.